The molecule has 3 N–H and O–H groups in total. The number of hydrogen-bond donors (Lipinski definition) is 2. The van der Waals surface area contributed by atoms with E-state index < -0.39 is 0 Å². The second-order valence-electron chi connectivity index (χ2n) is 4.85. The maximum Gasteiger partial charge on any atom is 0.248 e. The lowest BCUT2D eigenvalue weighted by atomic mass is 10.1. The number of carbonyl (C=O) groups excluding carboxylic acids is 1. The average molecular weight is 301 g/mol. The van der Waals surface area contributed by atoms with E-state index in [0.29, 0.717) is 10.7 Å². The summed E-state index contributed by atoms with van der Waals surface area (Å²) < 4.78 is 0. The van der Waals surface area contributed by atoms with Gasteiger partial charge in [0, 0.05) is 11.8 Å². The van der Waals surface area contributed by atoms with Crippen LogP contribution in [-0.2, 0) is 4.79 Å². The molecule has 4 heteroatoms. The van der Waals surface area contributed by atoms with E-state index in [1.807, 2.05) is 32.0 Å². The molecule has 108 valence electrons. The Balaban J connectivity index is 2.09. The summed E-state index contributed by atoms with van der Waals surface area (Å²) in [4.78, 5) is 11.9. The lowest BCUT2D eigenvalue weighted by molar-refractivity contribution is -0.111. The van der Waals surface area contributed by atoms with Gasteiger partial charge < -0.3 is 11.1 Å². The Morgan fingerprint density at radius 1 is 1.24 bits per heavy atom. The normalized spacial score (nSPS) is 10.8. The minimum absolute atomic E-state index is 0.183. The van der Waals surface area contributed by atoms with Crippen LogP contribution in [0.5, 0.6) is 0 Å². The van der Waals surface area contributed by atoms with E-state index >= 15 is 0 Å². The first-order valence-electron chi connectivity index (χ1n) is 6.57. The van der Waals surface area contributed by atoms with Gasteiger partial charge in [-0.15, -0.1) is 0 Å². The summed E-state index contributed by atoms with van der Waals surface area (Å²) in [5.41, 5.74) is 10.1. The fraction of sp³-hybridized carbons (Fsp3) is 0.118. The van der Waals surface area contributed by atoms with Gasteiger partial charge in [0.1, 0.15) is 0 Å². The monoisotopic (exact) mass is 300 g/mol. The third-order valence-electron chi connectivity index (χ3n) is 3.31. The summed E-state index contributed by atoms with van der Waals surface area (Å²) in [6.45, 7) is 3.99. The third kappa shape index (κ3) is 3.86. The molecule has 0 heterocycles. The highest BCUT2D eigenvalue weighted by Gasteiger charge is 2.03. The van der Waals surface area contributed by atoms with Crippen molar-refractivity contribution in [2.24, 2.45) is 0 Å². The molecule has 2 rings (SSSR count). The number of nitrogen functional groups attached to an aromatic ring is 1. The van der Waals surface area contributed by atoms with Crippen LogP contribution in [0, 0.1) is 13.8 Å². The van der Waals surface area contributed by atoms with Gasteiger partial charge >= 0.3 is 0 Å². The Bertz CT molecular complexity index is 708. The highest BCUT2D eigenvalue weighted by atomic mass is 35.5. The fourth-order valence-electron chi connectivity index (χ4n) is 1.90. The minimum atomic E-state index is -0.183. The number of anilines is 2. The second kappa shape index (κ2) is 6.46. The third-order valence-corrected chi connectivity index (χ3v) is 3.65. The largest absolute Gasteiger partial charge is 0.398 e. The predicted octanol–water partition coefficient (Wildman–Crippen LogP) is 4.19. The minimum Gasteiger partial charge on any atom is -0.398 e. The van der Waals surface area contributed by atoms with E-state index in [-0.39, 0.29) is 5.91 Å². The van der Waals surface area contributed by atoms with Crippen LogP contribution >= 0.6 is 11.6 Å². The summed E-state index contributed by atoms with van der Waals surface area (Å²) in [5.74, 6) is -0.183. The summed E-state index contributed by atoms with van der Waals surface area (Å²) in [5, 5.41) is 3.37. The number of hydrogen-bond acceptors (Lipinski definition) is 2. The van der Waals surface area contributed by atoms with Crippen molar-refractivity contribution < 1.29 is 4.79 Å². The zero-order valence-electron chi connectivity index (χ0n) is 12.0. The lowest BCUT2D eigenvalue weighted by Gasteiger charge is -2.08. The highest BCUT2D eigenvalue weighted by molar-refractivity contribution is 6.33. The number of rotatable bonds is 3. The number of nitrogens with one attached hydrogen (secondary N) is 1. The fourth-order valence-corrected chi connectivity index (χ4v) is 2.02. The predicted molar refractivity (Wildman–Crippen MR) is 89.4 cm³/mol. The van der Waals surface area contributed by atoms with Gasteiger partial charge in [-0.3, -0.25) is 4.79 Å². The molecule has 0 aromatic heterocycles. The molecule has 3 nitrogen and oxygen atoms in total. The van der Waals surface area contributed by atoms with E-state index in [1.165, 1.54) is 6.08 Å². The number of aryl methyl sites for hydroxylation is 1. The highest BCUT2D eigenvalue weighted by Crippen LogP contribution is 2.20. The summed E-state index contributed by atoms with van der Waals surface area (Å²) in [7, 11) is 0. The van der Waals surface area contributed by atoms with E-state index in [4.69, 9.17) is 17.3 Å². The number of nitrogens with two attached hydrogens (primary N) is 1. The van der Waals surface area contributed by atoms with Crippen molar-refractivity contribution in [2.45, 2.75) is 13.8 Å². The zero-order chi connectivity index (χ0) is 15.4. The van der Waals surface area contributed by atoms with Gasteiger partial charge in [0.2, 0.25) is 5.91 Å². The van der Waals surface area contributed by atoms with Gasteiger partial charge in [-0.1, -0.05) is 29.8 Å². The Kier molecular flexibility index (Phi) is 4.66. The van der Waals surface area contributed by atoms with Gasteiger partial charge in [-0.05, 0) is 54.8 Å². The molecule has 0 aliphatic heterocycles. The van der Waals surface area contributed by atoms with E-state index in [2.05, 4.69) is 5.32 Å². The first kappa shape index (κ1) is 15.1. The molecule has 0 saturated heterocycles. The molecular formula is C17H17ClN2O. The van der Waals surface area contributed by atoms with Crippen LogP contribution in [0.15, 0.2) is 42.5 Å². The van der Waals surface area contributed by atoms with Crippen LogP contribution in [0.2, 0.25) is 5.02 Å². The van der Waals surface area contributed by atoms with Crippen molar-refractivity contribution in [1.29, 1.82) is 0 Å². The van der Waals surface area contributed by atoms with Crippen molar-refractivity contribution in [2.75, 3.05) is 11.1 Å². The number of halogens is 1. The van der Waals surface area contributed by atoms with E-state index in [9.17, 15) is 4.79 Å². The molecule has 0 saturated carbocycles. The van der Waals surface area contributed by atoms with Crippen LogP contribution < -0.4 is 11.1 Å². The molecular weight excluding hydrogens is 284 g/mol. The van der Waals surface area contributed by atoms with E-state index in [0.717, 1.165) is 22.4 Å². The number of amides is 1. The SMILES string of the molecule is Cc1cccc(NC(=O)/C=C/c2ccc(Cl)c(N)c2)c1C. The Morgan fingerprint density at radius 2 is 2.00 bits per heavy atom. The molecule has 0 spiro atoms. The Labute approximate surface area is 129 Å². The molecule has 0 bridgehead atoms. The van der Waals surface area contributed by atoms with Crippen LogP contribution in [0.4, 0.5) is 11.4 Å². The molecule has 0 fully saturated rings. The summed E-state index contributed by atoms with van der Waals surface area (Å²) in [6, 6.07) is 11.1. The van der Waals surface area contributed by atoms with Crippen LogP contribution in [0.3, 0.4) is 0 Å². The topological polar surface area (TPSA) is 55.1 Å². The van der Waals surface area contributed by atoms with Gasteiger partial charge in [0.15, 0.2) is 0 Å². The molecule has 0 unspecified atom stereocenters. The van der Waals surface area contributed by atoms with Gasteiger partial charge in [-0.25, -0.2) is 0 Å². The summed E-state index contributed by atoms with van der Waals surface area (Å²) >= 11 is 5.85. The van der Waals surface area contributed by atoms with E-state index in [1.54, 1.807) is 24.3 Å². The van der Waals surface area contributed by atoms with Crippen molar-refractivity contribution in [3.8, 4) is 0 Å². The van der Waals surface area contributed by atoms with Crippen molar-refractivity contribution in [3.05, 3.63) is 64.2 Å². The molecule has 0 radical (unpaired) electrons. The second-order valence-corrected chi connectivity index (χ2v) is 5.26. The number of carbonyl (C=O) groups is 1. The molecule has 2 aromatic rings. The standard InChI is InChI=1S/C17H17ClN2O/c1-11-4-3-5-16(12(11)2)20-17(21)9-7-13-6-8-14(18)15(19)10-13/h3-10H,19H2,1-2H3,(H,20,21)/b9-7+. The van der Waals surface area contributed by atoms with Crippen molar-refractivity contribution in [1.82, 2.24) is 0 Å². The number of benzene rings is 2. The van der Waals surface area contributed by atoms with Crippen molar-refractivity contribution in [3.63, 3.8) is 0 Å². The average Bonchev–Trinajstić information content (AvgIpc) is 2.45. The lowest BCUT2D eigenvalue weighted by Crippen LogP contribution is -2.09. The quantitative estimate of drug-likeness (QED) is 0.659. The Morgan fingerprint density at radius 3 is 2.71 bits per heavy atom. The van der Waals surface area contributed by atoms with Crippen molar-refractivity contribution >= 4 is 35.0 Å². The smallest absolute Gasteiger partial charge is 0.248 e. The van der Waals surface area contributed by atoms with Gasteiger partial charge in [0.05, 0.1) is 10.7 Å². The van der Waals surface area contributed by atoms with Crippen LogP contribution in [-0.4, -0.2) is 5.91 Å². The Hall–Kier alpha value is -2.26. The molecule has 0 atom stereocenters. The van der Waals surface area contributed by atoms with Gasteiger partial charge in [0.25, 0.3) is 0 Å². The van der Waals surface area contributed by atoms with Crippen LogP contribution in [0.1, 0.15) is 16.7 Å². The zero-order valence-corrected chi connectivity index (χ0v) is 12.7. The maximum atomic E-state index is 11.9. The molecule has 2 aromatic carbocycles. The molecule has 0 aliphatic rings. The summed E-state index contributed by atoms with van der Waals surface area (Å²) in [6.07, 6.45) is 3.18. The molecule has 1 amide bonds. The first-order valence-corrected chi connectivity index (χ1v) is 6.95. The van der Waals surface area contributed by atoms with Gasteiger partial charge in [-0.2, -0.15) is 0 Å². The molecule has 0 aliphatic carbocycles. The first-order chi connectivity index (χ1) is 9.97. The molecule has 21 heavy (non-hydrogen) atoms. The van der Waals surface area contributed by atoms with Crippen LogP contribution in [0.25, 0.3) is 6.08 Å². The maximum absolute atomic E-state index is 11.9.